The van der Waals surface area contributed by atoms with Crippen LogP contribution in [0.1, 0.15) is 5.56 Å². The predicted molar refractivity (Wildman–Crippen MR) is 53.3 cm³/mol. The molecule has 0 fully saturated rings. The predicted octanol–water partition coefficient (Wildman–Crippen LogP) is 2.59. The number of hydrogen-bond acceptors (Lipinski definition) is 3. The number of nitrogen functional groups attached to an aromatic ring is 1. The molecule has 1 rings (SSSR count). The molecule has 78 valence electrons. The van der Waals surface area contributed by atoms with Crippen LogP contribution < -0.4 is 11.1 Å². The van der Waals surface area contributed by atoms with Gasteiger partial charge in [-0.15, -0.1) is 0 Å². The number of benzene rings is 1. The zero-order chi connectivity index (χ0) is 10.8. The van der Waals surface area contributed by atoms with E-state index in [0.29, 0.717) is 11.6 Å². The maximum absolute atomic E-state index is 12.2. The van der Waals surface area contributed by atoms with Gasteiger partial charge in [-0.1, -0.05) is 0 Å². The number of thiol groups is 1. The summed E-state index contributed by atoms with van der Waals surface area (Å²) in [4.78, 5) is 0. The van der Waals surface area contributed by atoms with Crippen LogP contribution in [0.5, 0.6) is 0 Å². The third kappa shape index (κ3) is 2.47. The van der Waals surface area contributed by atoms with E-state index in [1.807, 2.05) is 0 Å². The van der Waals surface area contributed by atoms with Crippen molar-refractivity contribution >= 4 is 24.0 Å². The van der Waals surface area contributed by atoms with Crippen molar-refractivity contribution in [3.8, 4) is 0 Å². The molecule has 0 aliphatic carbocycles. The summed E-state index contributed by atoms with van der Waals surface area (Å²) in [6, 6.07) is 3.16. The lowest BCUT2D eigenvalue weighted by Crippen LogP contribution is -2.07. The topological polar surface area (TPSA) is 38.0 Å². The second kappa shape index (κ2) is 4.00. The van der Waals surface area contributed by atoms with Crippen molar-refractivity contribution in [1.29, 1.82) is 0 Å². The van der Waals surface area contributed by atoms with Crippen LogP contribution >= 0.6 is 12.6 Å². The van der Waals surface area contributed by atoms with Crippen LogP contribution in [0, 0.1) is 0 Å². The molecule has 1 aromatic rings. The van der Waals surface area contributed by atoms with Gasteiger partial charge in [0.05, 0.1) is 22.8 Å². The first kappa shape index (κ1) is 11.0. The number of halogens is 3. The Morgan fingerprint density at radius 1 is 1.36 bits per heavy atom. The van der Waals surface area contributed by atoms with E-state index >= 15 is 0 Å². The van der Waals surface area contributed by atoms with Gasteiger partial charge in [0.15, 0.2) is 0 Å². The number of alkyl halides is 3. The van der Waals surface area contributed by atoms with Crippen molar-refractivity contribution in [3.63, 3.8) is 0 Å². The van der Waals surface area contributed by atoms with Gasteiger partial charge in [-0.05, 0) is 18.2 Å². The fourth-order valence-corrected chi connectivity index (χ4v) is 1.16. The first-order valence-electron chi connectivity index (χ1n) is 3.76. The molecule has 1 aromatic carbocycles. The molecular weight excluding hydrogens is 213 g/mol. The summed E-state index contributed by atoms with van der Waals surface area (Å²) in [7, 11) is 0. The van der Waals surface area contributed by atoms with E-state index in [1.165, 1.54) is 6.07 Å². The minimum atomic E-state index is -4.35. The minimum Gasteiger partial charge on any atom is -0.397 e. The van der Waals surface area contributed by atoms with Crippen molar-refractivity contribution in [2.75, 3.05) is 16.9 Å². The van der Waals surface area contributed by atoms with Gasteiger partial charge < -0.3 is 11.1 Å². The normalized spacial score (nSPS) is 11.4. The average Bonchev–Trinajstić information content (AvgIpc) is 2.07. The molecule has 0 saturated carbocycles. The van der Waals surface area contributed by atoms with Gasteiger partial charge in [-0.3, -0.25) is 0 Å². The molecule has 0 saturated heterocycles. The minimum absolute atomic E-state index is 0.0638. The molecule has 2 nitrogen and oxygen atoms in total. The highest BCUT2D eigenvalue weighted by Crippen LogP contribution is 2.32. The zero-order valence-electron chi connectivity index (χ0n) is 7.10. The summed E-state index contributed by atoms with van der Waals surface area (Å²) in [5.41, 5.74) is 5.17. The summed E-state index contributed by atoms with van der Waals surface area (Å²) < 4.78 is 36.6. The van der Waals surface area contributed by atoms with Gasteiger partial charge in [0.2, 0.25) is 0 Å². The summed E-state index contributed by atoms with van der Waals surface area (Å²) in [5.74, 6) is 0.315. The third-order valence-corrected chi connectivity index (χ3v) is 1.81. The molecule has 0 amide bonds. The monoisotopic (exact) mass is 222 g/mol. The molecule has 0 heterocycles. The Morgan fingerprint density at radius 3 is 2.43 bits per heavy atom. The van der Waals surface area contributed by atoms with E-state index in [1.54, 1.807) is 0 Å². The molecule has 0 atom stereocenters. The van der Waals surface area contributed by atoms with E-state index in [2.05, 4.69) is 17.9 Å². The molecule has 0 radical (unpaired) electrons. The Kier molecular flexibility index (Phi) is 3.15. The van der Waals surface area contributed by atoms with Crippen LogP contribution in [0.15, 0.2) is 18.2 Å². The summed E-state index contributed by atoms with van der Waals surface area (Å²) in [6.45, 7) is 0. The molecule has 0 unspecified atom stereocenters. The molecule has 0 bridgehead atoms. The molecule has 0 aromatic heterocycles. The highest BCUT2D eigenvalue weighted by molar-refractivity contribution is 7.80. The van der Waals surface area contributed by atoms with Gasteiger partial charge >= 0.3 is 6.18 Å². The SMILES string of the molecule is Nc1cc(C(F)(F)F)ccc1NCS. The van der Waals surface area contributed by atoms with Gasteiger partial charge in [0.1, 0.15) is 0 Å². The fourth-order valence-electron chi connectivity index (χ4n) is 0.985. The average molecular weight is 222 g/mol. The van der Waals surface area contributed by atoms with E-state index in [0.717, 1.165) is 12.1 Å². The smallest absolute Gasteiger partial charge is 0.397 e. The van der Waals surface area contributed by atoms with E-state index < -0.39 is 11.7 Å². The maximum atomic E-state index is 12.2. The van der Waals surface area contributed by atoms with Gasteiger partial charge in [-0.25, -0.2) is 0 Å². The van der Waals surface area contributed by atoms with Gasteiger partial charge in [-0.2, -0.15) is 25.8 Å². The van der Waals surface area contributed by atoms with Gasteiger partial charge in [0.25, 0.3) is 0 Å². The van der Waals surface area contributed by atoms with Crippen molar-refractivity contribution in [3.05, 3.63) is 23.8 Å². The number of anilines is 2. The lowest BCUT2D eigenvalue weighted by molar-refractivity contribution is -0.137. The fraction of sp³-hybridized carbons (Fsp3) is 0.250. The summed E-state index contributed by atoms with van der Waals surface area (Å²) in [5, 5.41) is 2.73. The molecule has 14 heavy (non-hydrogen) atoms. The summed E-state index contributed by atoms with van der Waals surface area (Å²) >= 11 is 3.87. The largest absolute Gasteiger partial charge is 0.416 e. The van der Waals surface area contributed by atoms with Crippen LogP contribution in [0.2, 0.25) is 0 Å². The quantitative estimate of drug-likeness (QED) is 0.409. The zero-order valence-corrected chi connectivity index (χ0v) is 7.99. The van der Waals surface area contributed by atoms with Crippen LogP contribution in [0.3, 0.4) is 0 Å². The Balaban J connectivity index is 3.01. The highest BCUT2D eigenvalue weighted by atomic mass is 32.1. The standard InChI is InChI=1S/C8H9F3N2S/c9-8(10,11)5-1-2-7(13-4-14)6(12)3-5/h1-3,13-14H,4,12H2. The van der Waals surface area contributed by atoms with Crippen molar-refractivity contribution < 1.29 is 13.2 Å². The second-order valence-electron chi connectivity index (χ2n) is 2.63. The van der Waals surface area contributed by atoms with Crippen LogP contribution in [-0.2, 0) is 6.18 Å². The molecule has 0 aliphatic heterocycles. The first-order valence-corrected chi connectivity index (χ1v) is 4.40. The number of rotatable bonds is 2. The van der Waals surface area contributed by atoms with E-state index in [9.17, 15) is 13.2 Å². The molecule has 0 aliphatic rings. The molecular formula is C8H9F3N2S. The lowest BCUT2D eigenvalue weighted by atomic mass is 10.1. The molecule has 3 N–H and O–H groups in total. The molecule has 0 spiro atoms. The van der Waals surface area contributed by atoms with Crippen molar-refractivity contribution in [2.45, 2.75) is 6.18 Å². The Labute approximate surface area is 84.7 Å². The summed E-state index contributed by atoms with van der Waals surface area (Å²) in [6.07, 6.45) is -4.35. The Hall–Kier alpha value is -1.04. The number of nitrogens with one attached hydrogen (secondary N) is 1. The van der Waals surface area contributed by atoms with Crippen LogP contribution in [0.4, 0.5) is 24.5 Å². The Bertz CT molecular complexity index is 325. The third-order valence-electron chi connectivity index (χ3n) is 1.65. The maximum Gasteiger partial charge on any atom is 0.416 e. The van der Waals surface area contributed by atoms with Crippen molar-refractivity contribution in [2.24, 2.45) is 0 Å². The number of nitrogens with two attached hydrogens (primary N) is 1. The van der Waals surface area contributed by atoms with Crippen molar-refractivity contribution in [1.82, 2.24) is 0 Å². The number of hydrogen-bond donors (Lipinski definition) is 3. The highest BCUT2D eigenvalue weighted by Gasteiger charge is 2.30. The van der Waals surface area contributed by atoms with Crippen LogP contribution in [-0.4, -0.2) is 5.88 Å². The molecule has 6 heteroatoms. The Morgan fingerprint density at radius 2 is 2.00 bits per heavy atom. The lowest BCUT2D eigenvalue weighted by Gasteiger charge is -2.11. The first-order chi connectivity index (χ1) is 6.45. The van der Waals surface area contributed by atoms with Gasteiger partial charge in [0, 0.05) is 0 Å². The van der Waals surface area contributed by atoms with E-state index in [-0.39, 0.29) is 5.69 Å². The van der Waals surface area contributed by atoms with E-state index in [4.69, 9.17) is 5.73 Å². The second-order valence-corrected chi connectivity index (χ2v) is 2.95. The van der Waals surface area contributed by atoms with Crippen LogP contribution in [0.25, 0.3) is 0 Å².